The molecule has 5 aromatic rings. The van der Waals surface area contributed by atoms with Crippen LogP contribution in [-0.2, 0) is 21.3 Å². The van der Waals surface area contributed by atoms with Crippen molar-refractivity contribution in [2.75, 3.05) is 42.3 Å². The summed E-state index contributed by atoms with van der Waals surface area (Å²) >= 11 is 1.37. The number of nitrogens with one attached hydrogen (secondary N) is 1. The molecule has 0 unspecified atom stereocenters. The van der Waals surface area contributed by atoms with Gasteiger partial charge in [0.05, 0.1) is 24.7 Å². The van der Waals surface area contributed by atoms with Crippen molar-refractivity contribution in [1.29, 1.82) is 0 Å². The van der Waals surface area contributed by atoms with Crippen LogP contribution in [0.4, 0.5) is 17.5 Å². The molecule has 4 aromatic heterocycles. The maximum atomic E-state index is 12.8. The maximum Gasteiger partial charge on any atom is 0.264 e. The number of benzene rings is 1. The summed E-state index contributed by atoms with van der Waals surface area (Å²) in [6.45, 7) is 4.39. The zero-order valence-corrected chi connectivity index (χ0v) is 24.3. The van der Waals surface area contributed by atoms with Crippen LogP contribution in [0.15, 0.2) is 63.4 Å². The highest BCUT2D eigenvalue weighted by atomic mass is 32.2. The number of thiophene rings is 1. The smallest absolute Gasteiger partial charge is 0.264 e. The van der Waals surface area contributed by atoms with Crippen LogP contribution in [-0.4, -0.2) is 64.8 Å². The molecular formula is C28H28N6O6S2. The van der Waals surface area contributed by atoms with Gasteiger partial charge >= 0.3 is 0 Å². The highest BCUT2D eigenvalue weighted by Gasteiger charge is 2.19. The number of hydrogen-bond donors (Lipinski definition) is 2. The maximum absolute atomic E-state index is 12.8. The van der Waals surface area contributed by atoms with Gasteiger partial charge in [0.15, 0.2) is 17.3 Å². The van der Waals surface area contributed by atoms with Gasteiger partial charge in [0.25, 0.3) is 10.1 Å². The average molecular weight is 609 g/mol. The van der Waals surface area contributed by atoms with Crippen molar-refractivity contribution >= 4 is 49.3 Å². The molecule has 0 saturated carbocycles. The first-order valence-electron chi connectivity index (χ1n) is 13.3. The van der Waals surface area contributed by atoms with Gasteiger partial charge in [0.2, 0.25) is 11.4 Å². The van der Waals surface area contributed by atoms with Crippen LogP contribution >= 0.6 is 11.3 Å². The minimum atomic E-state index is -4.00. The zero-order valence-electron chi connectivity index (χ0n) is 22.7. The lowest BCUT2D eigenvalue weighted by Gasteiger charge is -2.27. The Hall–Kier alpha value is -4.11. The Morgan fingerprint density at radius 1 is 1.14 bits per heavy atom. The van der Waals surface area contributed by atoms with E-state index in [9.17, 15) is 13.2 Å². The SMILES string of the molecule is Cc1nn(-c2ccnc(Nc3ccc(-c4csc5c(=O)cc(N6CCOCC6)oc45)cc3)n2)cc1CCCS(=O)(=O)O. The molecule has 12 nitrogen and oxygen atoms in total. The fourth-order valence-electron chi connectivity index (χ4n) is 4.77. The predicted molar refractivity (Wildman–Crippen MR) is 161 cm³/mol. The topological polar surface area (TPSA) is 153 Å². The summed E-state index contributed by atoms with van der Waals surface area (Å²) in [5.41, 5.74) is 4.69. The Labute approximate surface area is 245 Å². The van der Waals surface area contributed by atoms with Gasteiger partial charge in [-0.3, -0.25) is 9.35 Å². The first-order valence-corrected chi connectivity index (χ1v) is 15.8. The molecular weight excluding hydrogens is 580 g/mol. The van der Waals surface area contributed by atoms with Gasteiger partial charge < -0.3 is 19.4 Å². The van der Waals surface area contributed by atoms with Crippen molar-refractivity contribution < 1.29 is 22.1 Å². The lowest BCUT2D eigenvalue weighted by Crippen LogP contribution is -2.36. The number of morpholine rings is 1. The molecule has 1 fully saturated rings. The van der Waals surface area contributed by atoms with E-state index in [1.165, 1.54) is 11.3 Å². The van der Waals surface area contributed by atoms with Crippen molar-refractivity contribution in [2.24, 2.45) is 0 Å². The first kappa shape index (κ1) is 28.0. The number of aryl methyl sites for hydroxylation is 2. The molecule has 1 aliphatic heterocycles. The van der Waals surface area contributed by atoms with Crippen molar-refractivity contribution in [3.05, 3.63) is 75.7 Å². The van der Waals surface area contributed by atoms with Gasteiger partial charge in [-0.1, -0.05) is 12.1 Å². The second-order valence-corrected chi connectivity index (χ2v) is 12.3. The predicted octanol–water partition coefficient (Wildman–Crippen LogP) is 4.21. The number of ether oxygens (including phenoxy) is 1. The van der Waals surface area contributed by atoms with E-state index in [2.05, 4.69) is 20.4 Å². The summed E-state index contributed by atoms with van der Waals surface area (Å²) in [4.78, 5) is 23.7. The summed E-state index contributed by atoms with van der Waals surface area (Å²) in [6, 6.07) is 11.0. The van der Waals surface area contributed by atoms with Gasteiger partial charge in [-0.15, -0.1) is 11.3 Å². The lowest BCUT2D eigenvalue weighted by molar-refractivity contribution is 0.121. The van der Waals surface area contributed by atoms with Crippen LogP contribution in [0.2, 0.25) is 0 Å². The molecule has 0 radical (unpaired) electrons. The summed E-state index contributed by atoms with van der Waals surface area (Å²) in [5, 5.41) is 9.65. The molecule has 2 N–H and O–H groups in total. The molecule has 1 aromatic carbocycles. The van der Waals surface area contributed by atoms with Crippen LogP contribution < -0.4 is 15.6 Å². The minimum Gasteiger partial charge on any atom is -0.439 e. The third-order valence-corrected chi connectivity index (χ3v) is 8.71. The number of hydrogen-bond acceptors (Lipinski definition) is 11. The normalized spacial score (nSPS) is 14.0. The number of rotatable bonds is 9. The monoisotopic (exact) mass is 608 g/mol. The van der Waals surface area contributed by atoms with E-state index < -0.39 is 10.1 Å². The molecule has 6 rings (SSSR count). The summed E-state index contributed by atoms with van der Waals surface area (Å²) in [6.07, 6.45) is 4.18. The molecule has 42 heavy (non-hydrogen) atoms. The molecule has 14 heteroatoms. The van der Waals surface area contributed by atoms with Crippen molar-refractivity contribution in [3.63, 3.8) is 0 Å². The second kappa shape index (κ2) is 11.6. The van der Waals surface area contributed by atoms with Crippen molar-refractivity contribution in [2.45, 2.75) is 19.8 Å². The van der Waals surface area contributed by atoms with E-state index >= 15 is 0 Å². The van der Waals surface area contributed by atoms with Crippen LogP contribution in [0.25, 0.3) is 27.2 Å². The van der Waals surface area contributed by atoms with Crippen LogP contribution in [0, 0.1) is 6.92 Å². The Bertz CT molecular complexity index is 1890. The van der Waals surface area contributed by atoms with E-state index in [0.717, 1.165) is 28.1 Å². The second-order valence-electron chi connectivity index (χ2n) is 9.87. The van der Waals surface area contributed by atoms with E-state index in [0.29, 0.717) is 67.1 Å². The molecule has 0 spiro atoms. The lowest BCUT2D eigenvalue weighted by atomic mass is 10.1. The van der Waals surface area contributed by atoms with Gasteiger partial charge in [-0.25, -0.2) is 9.67 Å². The Balaban J connectivity index is 1.18. The highest BCUT2D eigenvalue weighted by molar-refractivity contribution is 7.85. The molecule has 0 bridgehead atoms. The third-order valence-electron chi connectivity index (χ3n) is 6.93. The van der Waals surface area contributed by atoms with Gasteiger partial charge in [0.1, 0.15) is 4.70 Å². The summed E-state index contributed by atoms with van der Waals surface area (Å²) < 4.78 is 44.9. The molecule has 0 atom stereocenters. The number of aromatic nitrogens is 4. The zero-order chi connectivity index (χ0) is 29.3. The Morgan fingerprint density at radius 2 is 1.93 bits per heavy atom. The minimum absolute atomic E-state index is 0.0538. The van der Waals surface area contributed by atoms with Gasteiger partial charge in [0, 0.05) is 54.2 Å². The number of nitrogens with zero attached hydrogens (tertiary/aromatic N) is 5. The standard InChI is InChI=1S/C28H28N6O6S2/c1-18-20(3-2-14-42(36,37)38)16-34(32-18)24-8-9-29-28(31-24)30-21-6-4-19(5-7-21)22-17-41-27-23(35)15-25(40-26(22)27)33-10-12-39-13-11-33/h4-9,15-17H,2-3,10-14H2,1H3,(H,29,30,31)(H,36,37,38). The fraction of sp³-hybridized carbons (Fsp3) is 0.286. The molecule has 0 aliphatic carbocycles. The van der Waals surface area contributed by atoms with Gasteiger partial charge in [-0.2, -0.15) is 18.5 Å². The fourth-order valence-corrected chi connectivity index (χ4v) is 6.19. The Morgan fingerprint density at radius 3 is 2.69 bits per heavy atom. The highest BCUT2D eigenvalue weighted by Crippen LogP contribution is 2.35. The van der Waals surface area contributed by atoms with E-state index in [1.54, 1.807) is 29.2 Å². The molecule has 0 amide bonds. The third kappa shape index (κ3) is 6.21. The van der Waals surface area contributed by atoms with Crippen LogP contribution in [0.3, 0.4) is 0 Å². The first-order chi connectivity index (χ1) is 20.2. The van der Waals surface area contributed by atoms with Gasteiger partial charge in [-0.05, 0) is 43.0 Å². The van der Waals surface area contributed by atoms with E-state index in [-0.39, 0.29) is 11.2 Å². The summed E-state index contributed by atoms with van der Waals surface area (Å²) in [5.74, 6) is 1.18. The quantitative estimate of drug-likeness (QED) is 0.232. The molecule has 1 saturated heterocycles. The molecule has 1 aliphatic rings. The largest absolute Gasteiger partial charge is 0.439 e. The van der Waals surface area contributed by atoms with E-state index in [1.807, 2.05) is 41.5 Å². The van der Waals surface area contributed by atoms with Crippen molar-refractivity contribution in [1.82, 2.24) is 19.7 Å². The van der Waals surface area contributed by atoms with E-state index in [4.69, 9.17) is 13.7 Å². The molecule has 5 heterocycles. The van der Waals surface area contributed by atoms with Crippen LogP contribution in [0.5, 0.6) is 0 Å². The number of fused-ring (bicyclic) bond motifs is 1. The number of anilines is 3. The van der Waals surface area contributed by atoms with Crippen molar-refractivity contribution in [3.8, 4) is 16.9 Å². The summed E-state index contributed by atoms with van der Waals surface area (Å²) in [7, 11) is -4.00. The van der Waals surface area contributed by atoms with Crippen LogP contribution in [0.1, 0.15) is 17.7 Å². The average Bonchev–Trinajstić information content (AvgIpc) is 3.57. The molecule has 218 valence electrons. The Kier molecular flexibility index (Phi) is 7.77.